The maximum atomic E-state index is 12.0. The number of ether oxygens (including phenoxy) is 1. The maximum Gasteiger partial charge on any atom is 0.323 e. The first kappa shape index (κ1) is 19.0. The third kappa shape index (κ3) is 6.56. The maximum absolute atomic E-state index is 12.0. The zero-order valence-corrected chi connectivity index (χ0v) is 15.0. The Morgan fingerprint density at radius 3 is 2.24 bits per heavy atom. The van der Waals surface area contributed by atoms with Crippen LogP contribution in [0.4, 0.5) is 0 Å². The molecule has 2 rings (SSSR count). The summed E-state index contributed by atoms with van der Waals surface area (Å²) in [6.07, 6.45) is 1.40. The van der Waals surface area contributed by atoms with E-state index >= 15 is 0 Å². The smallest absolute Gasteiger partial charge is 0.323 e. The molecule has 0 spiro atoms. The molecule has 134 valence electrons. The molecule has 2 aromatic carbocycles. The van der Waals surface area contributed by atoms with Crippen molar-refractivity contribution in [3.05, 3.63) is 65.7 Å². The van der Waals surface area contributed by atoms with Gasteiger partial charge in [-0.15, -0.1) is 0 Å². The summed E-state index contributed by atoms with van der Waals surface area (Å²) in [6, 6.07) is 15.8. The minimum Gasteiger partial charge on any atom is -0.468 e. The molecule has 0 fully saturated rings. The molecular formula is C18H21NO5S. The summed E-state index contributed by atoms with van der Waals surface area (Å²) in [6.45, 7) is 0.538. The van der Waals surface area contributed by atoms with Gasteiger partial charge >= 0.3 is 16.1 Å². The molecule has 7 heteroatoms. The van der Waals surface area contributed by atoms with Gasteiger partial charge in [0.25, 0.3) is 0 Å². The molecule has 2 aromatic rings. The molecule has 0 aliphatic rings. The number of carbonyl (C=O) groups excluding carboxylic acids is 1. The third-order valence-corrected chi connectivity index (χ3v) is 3.99. The highest BCUT2D eigenvalue weighted by molar-refractivity contribution is 7.86. The zero-order chi connectivity index (χ0) is 18.3. The van der Waals surface area contributed by atoms with E-state index in [1.807, 2.05) is 30.3 Å². The normalized spacial score (nSPS) is 12.4. The molecule has 1 atom stereocenters. The second kappa shape index (κ2) is 8.64. The molecule has 0 aliphatic carbocycles. The fourth-order valence-corrected chi connectivity index (χ4v) is 2.77. The Hall–Kier alpha value is -2.38. The SMILES string of the molecule is COC(=O)[C@H](Cc1ccc(OS(C)(=O)=O)cc1)NCc1ccccc1. The first-order valence-corrected chi connectivity index (χ1v) is 9.52. The van der Waals surface area contributed by atoms with Crippen molar-refractivity contribution in [3.8, 4) is 5.75 Å². The van der Waals surface area contributed by atoms with E-state index in [2.05, 4.69) is 5.32 Å². The first-order chi connectivity index (χ1) is 11.9. The predicted molar refractivity (Wildman–Crippen MR) is 94.7 cm³/mol. The van der Waals surface area contributed by atoms with Crippen molar-refractivity contribution >= 4 is 16.1 Å². The van der Waals surface area contributed by atoms with E-state index in [4.69, 9.17) is 8.92 Å². The van der Waals surface area contributed by atoms with Crippen molar-refractivity contribution in [2.45, 2.75) is 19.0 Å². The van der Waals surface area contributed by atoms with Gasteiger partial charge in [-0.1, -0.05) is 42.5 Å². The second-order valence-corrected chi connectivity index (χ2v) is 7.15. The summed E-state index contributed by atoms with van der Waals surface area (Å²) in [7, 11) is -2.21. The van der Waals surface area contributed by atoms with Crippen LogP contribution in [0.3, 0.4) is 0 Å². The number of rotatable bonds is 8. The van der Waals surface area contributed by atoms with Crippen LogP contribution in [0, 0.1) is 0 Å². The molecule has 0 saturated heterocycles. The van der Waals surface area contributed by atoms with Gasteiger partial charge in [-0.2, -0.15) is 8.42 Å². The predicted octanol–water partition coefficient (Wildman–Crippen LogP) is 1.90. The lowest BCUT2D eigenvalue weighted by atomic mass is 10.1. The lowest BCUT2D eigenvalue weighted by Crippen LogP contribution is -2.39. The van der Waals surface area contributed by atoms with Crippen molar-refractivity contribution in [1.29, 1.82) is 0 Å². The highest BCUT2D eigenvalue weighted by atomic mass is 32.2. The van der Waals surface area contributed by atoms with E-state index in [1.54, 1.807) is 24.3 Å². The summed E-state index contributed by atoms with van der Waals surface area (Å²) in [5.41, 5.74) is 1.92. The summed E-state index contributed by atoms with van der Waals surface area (Å²) in [4.78, 5) is 12.0. The Kier molecular flexibility index (Phi) is 6.55. The van der Waals surface area contributed by atoms with Crippen LogP contribution in [0.25, 0.3) is 0 Å². The van der Waals surface area contributed by atoms with Crippen molar-refractivity contribution < 1.29 is 22.1 Å². The van der Waals surface area contributed by atoms with E-state index in [9.17, 15) is 13.2 Å². The molecule has 0 radical (unpaired) electrons. The average Bonchev–Trinajstić information content (AvgIpc) is 2.59. The van der Waals surface area contributed by atoms with Crippen LogP contribution < -0.4 is 9.50 Å². The van der Waals surface area contributed by atoms with E-state index in [0.29, 0.717) is 13.0 Å². The fraction of sp³-hybridized carbons (Fsp3) is 0.278. The number of hydrogen-bond acceptors (Lipinski definition) is 6. The molecule has 0 unspecified atom stereocenters. The molecule has 1 N–H and O–H groups in total. The van der Waals surface area contributed by atoms with Crippen LogP contribution in [0.5, 0.6) is 5.75 Å². The minimum atomic E-state index is -3.56. The molecule has 0 aromatic heterocycles. The topological polar surface area (TPSA) is 81.7 Å². The van der Waals surface area contributed by atoms with E-state index in [0.717, 1.165) is 17.4 Å². The quantitative estimate of drug-likeness (QED) is 0.570. The Balaban J connectivity index is 2.02. The van der Waals surface area contributed by atoms with Crippen LogP contribution in [0.15, 0.2) is 54.6 Å². The van der Waals surface area contributed by atoms with Crippen molar-refractivity contribution in [3.63, 3.8) is 0 Å². The highest BCUT2D eigenvalue weighted by Crippen LogP contribution is 2.15. The standard InChI is InChI=1S/C18H21NO5S/c1-23-18(20)17(19-13-15-6-4-3-5-7-15)12-14-8-10-16(11-9-14)24-25(2,21)22/h3-11,17,19H,12-13H2,1-2H3/t17-/m0/s1. The van der Waals surface area contributed by atoms with Gasteiger partial charge in [0.05, 0.1) is 13.4 Å². The molecule has 0 heterocycles. The minimum absolute atomic E-state index is 0.234. The van der Waals surface area contributed by atoms with Crippen LogP contribution in [-0.2, 0) is 32.6 Å². The largest absolute Gasteiger partial charge is 0.468 e. The van der Waals surface area contributed by atoms with Crippen LogP contribution in [-0.4, -0.2) is 33.8 Å². The molecule has 0 bridgehead atoms. The fourth-order valence-electron chi connectivity index (χ4n) is 2.31. The zero-order valence-electron chi connectivity index (χ0n) is 14.1. The highest BCUT2D eigenvalue weighted by Gasteiger charge is 2.19. The van der Waals surface area contributed by atoms with Gasteiger partial charge in [0, 0.05) is 6.54 Å². The number of carbonyl (C=O) groups is 1. The lowest BCUT2D eigenvalue weighted by Gasteiger charge is -2.17. The van der Waals surface area contributed by atoms with Gasteiger partial charge in [-0.3, -0.25) is 4.79 Å². The van der Waals surface area contributed by atoms with Gasteiger partial charge in [-0.25, -0.2) is 0 Å². The molecule has 25 heavy (non-hydrogen) atoms. The summed E-state index contributed by atoms with van der Waals surface area (Å²) >= 11 is 0. The van der Waals surface area contributed by atoms with E-state index in [-0.39, 0.29) is 11.7 Å². The number of nitrogens with one attached hydrogen (secondary N) is 1. The first-order valence-electron chi connectivity index (χ1n) is 7.71. The monoisotopic (exact) mass is 363 g/mol. The lowest BCUT2D eigenvalue weighted by molar-refractivity contribution is -0.143. The summed E-state index contributed by atoms with van der Waals surface area (Å²) in [5, 5.41) is 3.19. The van der Waals surface area contributed by atoms with Crippen LogP contribution >= 0.6 is 0 Å². The summed E-state index contributed by atoms with van der Waals surface area (Å²) < 4.78 is 31.9. The van der Waals surface area contributed by atoms with Crippen LogP contribution in [0.2, 0.25) is 0 Å². The Morgan fingerprint density at radius 1 is 1.04 bits per heavy atom. The number of methoxy groups -OCH3 is 1. The Bertz CT molecular complexity index is 788. The van der Waals surface area contributed by atoms with Gasteiger partial charge in [0.15, 0.2) is 0 Å². The average molecular weight is 363 g/mol. The van der Waals surface area contributed by atoms with Crippen molar-refractivity contribution in [2.24, 2.45) is 0 Å². The number of benzene rings is 2. The van der Waals surface area contributed by atoms with Gasteiger partial charge in [0.1, 0.15) is 11.8 Å². The molecule has 0 amide bonds. The van der Waals surface area contributed by atoms with Gasteiger partial charge in [0.2, 0.25) is 0 Å². The molecule has 0 aliphatic heterocycles. The third-order valence-electron chi connectivity index (χ3n) is 3.49. The number of esters is 1. The summed E-state index contributed by atoms with van der Waals surface area (Å²) in [5.74, 6) is -0.120. The van der Waals surface area contributed by atoms with E-state index < -0.39 is 16.2 Å². The number of hydrogen-bond donors (Lipinski definition) is 1. The van der Waals surface area contributed by atoms with Crippen molar-refractivity contribution in [1.82, 2.24) is 5.32 Å². The van der Waals surface area contributed by atoms with Gasteiger partial charge < -0.3 is 14.2 Å². The van der Waals surface area contributed by atoms with Gasteiger partial charge in [-0.05, 0) is 29.7 Å². The van der Waals surface area contributed by atoms with Crippen LogP contribution in [0.1, 0.15) is 11.1 Å². The van der Waals surface area contributed by atoms with Crippen molar-refractivity contribution in [2.75, 3.05) is 13.4 Å². The molecule has 6 nitrogen and oxygen atoms in total. The Labute approximate surface area is 147 Å². The molecule has 0 saturated carbocycles. The second-order valence-electron chi connectivity index (χ2n) is 5.58. The Morgan fingerprint density at radius 2 is 1.68 bits per heavy atom. The molecular weight excluding hydrogens is 342 g/mol. The van der Waals surface area contributed by atoms with E-state index in [1.165, 1.54) is 7.11 Å².